The maximum atomic E-state index is 13.8. The van der Waals surface area contributed by atoms with Crippen molar-refractivity contribution in [1.29, 1.82) is 0 Å². The van der Waals surface area contributed by atoms with Gasteiger partial charge in [0.2, 0.25) is 0 Å². The molecule has 2 N–H and O–H groups in total. The fourth-order valence-corrected chi connectivity index (χ4v) is 2.67. The molecule has 142 valence electrons. The van der Waals surface area contributed by atoms with Gasteiger partial charge in [-0.2, -0.15) is 0 Å². The van der Waals surface area contributed by atoms with Crippen LogP contribution in [-0.2, 0) is 6.54 Å². The first-order chi connectivity index (χ1) is 13.5. The van der Waals surface area contributed by atoms with E-state index in [0.717, 1.165) is 23.3 Å². The second-order valence-electron chi connectivity index (χ2n) is 6.26. The number of aryl methyl sites for hydroxylation is 1. The van der Waals surface area contributed by atoms with Gasteiger partial charge in [-0.1, -0.05) is 48.0 Å². The standard InChI is InChI=1S/C22H18F2N2O2/c1-14-9-11-15(12-10-14)13-25-21(27)16-5-2-3-8-19(16)26-22(28)20-17(23)6-4-7-18(20)24/h2-12H,13H2,1H3,(H,25,27)(H,26,28). The molecule has 4 nitrogen and oxygen atoms in total. The fraction of sp³-hybridized carbons (Fsp3) is 0.0909. The number of para-hydroxylation sites is 1. The summed E-state index contributed by atoms with van der Waals surface area (Å²) in [5, 5.41) is 5.19. The van der Waals surface area contributed by atoms with Crippen LogP contribution < -0.4 is 10.6 Å². The zero-order chi connectivity index (χ0) is 20.1. The van der Waals surface area contributed by atoms with Crippen molar-refractivity contribution >= 4 is 17.5 Å². The minimum Gasteiger partial charge on any atom is -0.348 e. The number of hydrogen-bond donors (Lipinski definition) is 2. The second kappa shape index (κ2) is 8.43. The molecule has 3 aromatic carbocycles. The molecule has 0 aliphatic carbocycles. The van der Waals surface area contributed by atoms with Crippen LogP contribution in [0.25, 0.3) is 0 Å². The Hall–Kier alpha value is -3.54. The van der Waals surface area contributed by atoms with Gasteiger partial charge in [-0.3, -0.25) is 9.59 Å². The normalized spacial score (nSPS) is 10.4. The molecule has 0 atom stereocenters. The lowest BCUT2D eigenvalue weighted by atomic mass is 10.1. The number of halogens is 2. The smallest absolute Gasteiger partial charge is 0.261 e. The number of nitrogens with one attached hydrogen (secondary N) is 2. The highest BCUT2D eigenvalue weighted by atomic mass is 19.1. The first-order valence-electron chi connectivity index (χ1n) is 8.64. The van der Waals surface area contributed by atoms with E-state index in [-0.39, 0.29) is 11.3 Å². The van der Waals surface area contributed by atoms with Crippen LogP contribution in [0.15, 0.2) is 66.7 Å². The molecule has 0 radical (unpaired) electrons. The topological polar surface area (TPSA) is 58.2 Å². The molecule has 2 amide bonds. The third-order valence-electron chi connectivity index (χ3n) is 4.18. The minimum atomic E-state index is -0.973. The van der Waals surface area contributed by atoms with E-state index in [4.69, 9.17) is 0 Å². The summed E-state index contributed by atoms with van der Waals surface area (Å²) in [6.45, 7) is 2.28. The average Bonchev–Trinajstić information content (AvgIpc) is 2.67. The minimum absolute atomic E-state index is 0.163. The molecule has 0 bridgehead atoms. The molecular formula is C22H18F2N2O2. The Labute approximate surface area is 161 Å². The van der Waals surface area contributed by atoms with Crippen molar-refractivity contribution in [3.8, 4) is 0 Å². The Morgan fingerprint density at radius 3 is 2.14 bits per heavy atom. The van der Waals surface area contributed by atoms with E-state index in [1.165, 1.54) is 18.2 Å². The summed E-state index contributed by atoms with van der Waals surface area (Å²) >= 11 is 0. The number of benzene rings is 3. The number of rotatable bonds is 5. The molecule has 0 fully saturated rings. The van der Waals surface area contributed by atoms with Gasteiger partial charge in [0.05, 0.1) is 11.3 Å². The summed E-state index contributed by atoms with van der Waals surface area (Å²) in [5.41, 5.74) is 1.70. The second-order valence-corrected chi connectivity index (χ2v) is 6.26. The molecule has 0 unspecified atom stereocenters. The van der Waals surface area contributed by atoms with Crippen LogP contribution in [0.3, 0.4) is 0 Å². The quantitative estimate of drug-likeness (QED) is 0.687. The van der Waals surface area contributed by atoms with Crippen LogP contribution in [0.5, 0.6) is 0 Å². The van der Waals surface area contributed by atoms with Gasteiger partial charge in [0, 0.05) is 6.54 Å². The molecule has 0 saturated carbocycles. The Kier molecular flexibility index (Phi) is 5.79. The van der Waals surface area contributed by atoms with Crippen LogP contribution in [0, 0.1) is 18.6 Å². The van der Waals surface area contributed by atoms with Gasteiger partial charge in [0.25, 0.3) is 11.8 Å². The zero-order valence-electron chi connectivity index (χ0n) is 15.1. The highest BCUT2D eigenvalue weighted by molar-refractivity contribution is 6.09. The van der Waals surface area contributed by atoms with Crippen molar-refractivity contribution in [2.24, 2.45) is 0 Å². The van der Waals surface area contributed by atoms with Crippen LogP contribution in [0.2, 0.25) is 0 Å². The molecule has 6 heteroatoms. The van der Waals surface area contributed by atoms with E-state index in [0.29, 0.717) is 6.54 Å². The maximum absolute atomic E-state index is 13.8. The van der Waals surface area contributed by atoms with Crippen LogP contribution in [0.4, 0.5) is 14.5 Å². The predicted octanol–water partition coefficient (Wildman–Crippen LogP) is 4.46. The molecule has 28 heavy (non-hydrogen) atoms. The predicted molar refractivity (Wildman–Crippen MR) is 103 cm³/mol. The van der Waals surface area contributed by atoms with E-state index < -0.39 is 29.0 Å². The number of amides is 2. The molecule has 0 aliphatic rings. The lowest BCUT2D eigenvalue weighted by Crippen LogP contribution is -2.25. The van der Waals surface area contributed by atoms with E-state index in [9.17, 15) is 18.4 Å². The van der Waals surface area contributed by atoms with Crippen LogP contribution in [0.1, 0.15) is 31.8 Å². The number of hydrogen-bond acceptors (Lipinski definition) is 2. The maximum Gasteiger partial charge on any atom is 0.261 e. The van der Waals surface area contributed by atoms with Gasteiger partial charge in [-0.25, -0.2) is 8.78 Å². The number of carbonyl (C=O) groups is 2. The molecule has 0 aromatic heterocycles. The van der Waals surface area contributed by atoms with Gasteiger partial charge in [0.15, 0.2) is 0 Å². The summed E-state index contributed by atoms with van der Waals surface area (Å²) in [4.78, 5) is 24.9. The first-order valence-corrected chi connectivity index (χ1v) is 8.64. The Morgan fingerprint density at radius 2 is 1.46 bits per heavy atom. The van der Waals surface area contributed by atoms with Crippen molar-refractivity contribution in [3.63, 3.8) is 0 Å². The molecule has 0 aliphatic heterocycles. The molecule has 3 rings (SSSR count). The largest absolute Gasteiger partial charge is 0.348 e. The summed E-state index contributed by atoms with van der Waals surface area (Å²) < 4.78 is 27.6. The van der Waals surface area contributed by atoms with E-state index >= 15 is 0 Å². The van der Waals surface area contributed by atoms with Crippen molar-refractivity contribution < 1.29 is 18.4 Å². The van der Waals surface area contributed by atoms with E-state index in [2.05, 4.69) is 10.6 Å². The van der Waals surface area contributed by atoms with Gasteiger partial charge < -0.3 is 10.6 Å². The SMILES string of the molecule is Cc1ccc(CNC(=O)c2ccccc2NC(=O)c2c(F)cccc2F)cc1. The van der Waals surface area contributed by atoms with Crippen molar-refractivity contribution in [2.75, 3.05) is 5.32 Å². The van der Waals surface area contributed by atoms with Crippen molar-refractivity contribution in [1.82, 2.24) is 5.32 Å². The molecular weight excluding hydrogens is 362 g/mol. The highest BCUT2D eigenvalue weighted by Gasteiger charge is 2.19. The first kappa shape index (κ1) is 19.2. The van der Waals surface area contributed by atoms with Gasteiger partial charge in [-0.05, 0) is 36.8 Å². The number of carbonyl (C=O) groups excluding carboxylic acids is 2. The van der Waals surface area contributed by atoms with Gasteiger partial charge in [-0.15, -0.1) is 0 Å². The van der Waals surface area contributed by atoms with Crippen molar-refractivity contribution in [3.05, 3.63) is 101 Å². The lowest BCUT2D eigenvalue weighted by molar-refractivity contribution is 0.0952. The third-order valence-corrected chi connectivity index (χ3v) is 4.18. The Balaban J connectivity index is 1.76. The fourth-order valence-electron chi connectivity index (χ4n) is 2.67. The Bertz CT molecular complexity index is 997. The zero-order valence-corrected chi connectivity index (χ0v) is 15.1. The Morgan fingerprint density at radius 1 is 0.821 bits per heavy atom. The monoisotopic (exact) mass is 380 g/mol. The summed E-state index contributed by atoms with van der Waals surface area (Å²) in [6, 6.07) is 17.1. The summed E-state index contributed by atoms with van der Waals surface area (Å²) in [5.74, 6) is -3.32. The molecule has 0 saturated heterocycles. The van der Waals surface area contributed by atoms with Crippen LogP contribution in [-0.4, -0.2) is 11.8 Å². The molecule has 0 heterocycles. The highest BCUT2D eigenvalue weighted by Crippen LogP contribution is 2.19. The number of anilines is 1. The molecule has 0 spiro atoms. The average molecular weight is 380 g/mol. The van der Waals surface area contributed by atoms with Crippen molar-refractivity contribution in [2.45, 2.75) is 13.5 Å². The van der Waals surface area contributed by atoms with Gasteiger partial charge >= 0.3 is 0 Å². The van der Waals surface area contributed by atoms with E-state index in [1.807, 2.05) is 31.2 Å². The third kappa shape index (κ3) is 4.40. The van der Waals surface area contributed by atoms with Crippen LogP contribution >= 0.6 is 0 Å². The molecule has 3 aromatic rings. The lowest BCUT2D eigenvalue weighted by Gasteiger charge is -2.12. The summed E-state index contributed by atoms with van der Waals surface area (Å²) in [6.07, 6.45) is 0. The van der Waals surface area contributed by atoms with Gasteiger partial charge in [0.1, 0.15) is 17.2 Å². The summed E-state index contributed by atoms with van der Waals surface area (Å²) in [7, 11) is 0. The van der Waals surface area contributed by atoms with E-state index in [1.54, 1.807) is 12.1 Å².